The van der Waals surface area contributed by atoms with Crippen molar-refractivity contribution in [3.8, 4) is 0 Å². The third-order valence-electron chi connectivity index (χ3n) is 6.53. The maximum Gasteiger partial charge on any atom is 0.226 e. The summed E-state index contributed by atoms with van der Waals surface area (Å²) in [5.41, 5.74) is 6.03. The maximum absolute atomic E-state index is 12.7. The molecule has 0 aromatic carbocycles. The van der Waals surface area contributed by atoms with Crippen molar-refractivity contribution in [2.24, 2.45) is 41.2 Å². The van der Waals surface area contributed by atoms with Crippen LogP contribution in [0.5, 0.6) is 0 Å². The van der Waals surface area contributed by atoms with E-state index in [0.717, 1.165) is 43.2 Å². The van der Waals surface area contributed by atoms with Crippen molar-refractivity contribution in [2.45, 2.75) is 45.1 Å². The van der Waals surface area contributed by atoms with Gasteiger partial charge in [-0.15, -0.1) is 0 Å². The Hall–Kier alpha value is -0.570. The number of likely N-dealkylation sites (tertiary alicyclic amines) is 1. The minimum Gasteiger partial charge on any atom is -0.342 e. The highest BCUT2D eigenvalue weighted by Crippen LogP contribution is 2.69. The van der Waals surface area contributed by atoms with Crippen LogP contribution in [0.1, 0.15) is 39.0 Å². The Bertz CT molecular complexity index is 378. The van der Waals surface area contributed by atoms with Gasteiger partial charge in [-0.05, 0) is 68.6 Å². The van der Waals surface area contributed by atoms with E-state index in [1.807, 2.05) is 0 Å². The Morgan fingerprint density at radius 1 is 1.21 bits per heavy atom. The van der Waals surface area contributed by atoms with Crippen LogP contribution in [0.4, 0.5) is 0 Å². The Kier molecular flexibility index (Phi) is 2.70. The van der Waals surface area contributed by atoms with Crippen LogP contribution in [0.3, 0.4) is 0 Å². The van der Waals surface area contributed by atoms with Gasteiger partial charge in [-0.1, -0.05) is 0 Å². The fourth-order valence-electron chi connectivity index (χ4n) is 5.51. The number of carbonyl (C=O) groups is 1. The van der Waals surface area contributed by atoms with Crippen molar-refractivity contribution in [1.29, 1.82) is 0 Å². The summed E-state index contributed by atoms with van der Waals surface area (Å²) in [4.78, 5) is 14.9. The number of piperidine rings is 1. The summed E-state index contributed by atoms with van der Waals surface area (Å²) in [5, 5.41) is 0. The molecule has 0 aromatic rings. The molecule has 3 saturated carbocycles. The first-order valence-electron chi connectivity index (χ1n) is 8.21. The summed E-state index contributed by atoms with van der Waals surface area (Å²) in [6.07, 6.45) is 6.58. The van der Waals surface area contributed by atoms with Crippen LogP contribution in [-0.2, 0) is 4.79 Å². The van der Waals surface area contributed by atoms with Crippen LogP contribution in [0.2, 0.25) is 0 Å². The summed E-state index contributed by atoms with van der Waals surface area (Å²) in [5.74, 6) is 4.78. The van der Waals surface area contributed by atoms with E-state index >= 15 is 0 Å². The Morgan fingerprint density at radius 3 is 2.53 bits per heavy atom. The Morgan fingerprint density at radius 2 is 1.89 bits per heavy atom. The zero-order valence-electron chi connectivity index (χ0n) is 11.9. The molecule has 6 atom stereocenters. The highest BCUT2D eigenvalue weighted by Gasteiger charge is 2.68. The number of rotatable bonds is 2. The molecule has 4 aliphatic rings. The van der Waals surface area contributed by atoms with Gasteiger partial charge in [0.1, 0.15) is 0 Å². The number of nitrogens with two attached hydrogens (primary N) is 1. The lowest BCUT2D eigenvalue weighted by molar-refractivity contribution is -0.135. The Labute approximate surface area is 115 Å². The number of amides is 1. The average Bonchev–Trinajstić information content (AvgIpc) is 2.85. The third-order valence-corrected chi connectivity index (χ3v) is 6.53. The first-order valence-corrected chi connectivity index (χ1v) is 8.21. The lowest BCUT2D eigenvalue weighted by Crippen LogP contribution is -2.46. The van der Waals surface area contributed by atoms with E-state index in [4.69, 9.17) is 5.73 Å². The average molecular weight is 262 g/mol. The van der Waals surface area contributed by atoms with Crippen molar-refractivity contribution in [1.82, 2.24) is 4.90 Å². The molecule has 1 heterocycles. The molecule has 4 fully saturated rings. The minimum absolute atomic E-state index is 0.227. The molecule has 2 N–H and O–H groups in total. The molecule has 3 nitrogen and oxygen atoms in total. The van der Waals surface area contributed by atoms with Crippen LogP contribution in [-0.4, -0.2) is 29.9 Å². The topological polar surface area (TPSA) is 46.3 Å². The van der Waals surface area contributed by atoms with E-state index in [0.29, 0.717) is 17.7 Å². The van der Waals surface area contributed by atoms with Gasteiger partial charge in [0.05, 0.1) is 0 Å². The minimum atomic E-state index is 0.227. The van der Waals surface area contributed by atoms with Crippen molar-refractivity contribution < 1.29 is 4.79 Å². The largest absolute Gasteiger partial charge is 0.342 e. The van der Waals surface area contributed by atoms with Gasteiger partial charge in [0, 0.05) is 25.0 Å². The predicted octanol–water partition coefficient (Wildman–Crippen LogP) is 1.86. The number of nitrogens with zero attached hydrogens (tertiary/aromatic N) is 1. The molecular formula is C16H26N2O. The number of hydrogen-bond acceptors (Lipinski definition) is 2. The second-order valence-electron chi connectivity index (χ2n) is 7.56. The summed E-state index contributed by atoms with van der Waals surface area (Å²) in [6, 6.07) is 0.227. The van der Waals surface area contributed by atoms with Crippen molar-refractivity contribution in [3.63, 3.8) is 0 Å². The van der Waals surface area contributed by atoms with Crippen LogP contribution in [0.15, 0.2) is 0 Å². The Balaban J connectivity index is 1.42. The smallest absolute Gasteiger partial charge is 0.226 e. The van der Waals surface area contributed by atoms with Crippen molar-refractivity contribution in [3.05, 3.63) is 0 Å². The fraction of sp³-hybridized carbons (Fsp3) is 0.938. The van der Waals surface area contributed by atoms with Crippen LogP contribution in [0, 0.1) is 35.5 Å². The molecule has 19 heavy (non-hydrogen) atoms. The van der Waals surface area contributed by atoms with E-state index in [1.165, 1.54) is 25.7 Å². The van der Waals surface area contributed by atoms with E-state index in [2.05, 4.69) is 11.8 Å². The normalized spacial score (nSPS) is 49.1. The molecule has 3 aliphatic carbocycles. The van der Waals surface area contributed by atoms with Crippen molar-refractivity contribution >= 4 is 5.91 Å². The molecule has 3 heteroatoms. The molecule has 0 radical (unpaired) electrons. The van der Waals surface area contributed by atoms with E-state index < -0.39 is 0 Å². The molecule has 4 rings (SSSR count). The first kappa shape index (κ1) is 12.2. The fourth-order valence-corrected chi connectivity index (χ4v) is 5.51. The summed E-state index contributed by atoms with van der Waals surface area (Å²) < 4.78 is 0. The van der Waals surface area contributed by atoms with Crippen LogP contribution >= 0.6 is 0 Å². The molecular weight excluding hydrogens is 236 g/mol. The number of hydrogen-bond donors (Lipinski definition) is 1. The molecule has 106 valence electrons. The molecule has 0 aromatic heterocycles. The zero-order chi connectivity index (χ0) is 13.1. The summed E-state index contributed by atoms with van der Waals surface area (Å²) in [6.45, 7) is 3.99. The monoisotopic (exact) mass is 262 g/mol. The van der Waals surface area contributed by atoms with E-state index in [-0.39, 0.29) is 6.04 Å². The van der Waals surface area contributed by atoms with Gasteiger partial charge in [-0.2, -0.15) is 0 Å². The van der Waals surface area contributed by atoms with Gasteiger partial charge in [0.25, 0.3) is 0 Å². The molecule has 1 aliphatic heterocycles. The molecule has 1 saturated heterocycles. The molecule has 6 unspecified atom stereocenters. The second-order valence-corrected chi connectivity index (χ2v) is 7.56. The molecule has 2 bridgehead atoms. The lowest BCUT2D eigenvalue weighted by Gasteiger charge is -2.35. The first-order chi connectivity index (χ1) is 9.16. The van der Waals surface area contributed by atoms with Gasteiger partial charge in [0.15, 0.2) is 0 Å². The van der Waals surface area contributed by atoms with Crippen LogP contribution in [0.25, 0.3) is 0 Å². The highest BCUT2D eigenvalue weighted by molar-refractivity contribution is 5.83. The summed E-state index contributed by atoms with van der Waals surface area (Å²) >= 11 is 0. The van der Waals surface area contributed by atoms with Gasteiger partial charge < -0.3 is 10.6 Å². The number of carbonyl (C=O) groups excluding carboxylic acids is 1. The number of fused-ring (bicyclic) bond motifs is 5. The molecule has 1 amide bonds. The standard InChI is InChI=1S/C16H26N2O/c1-9(17)12-3-2-6-18(8-12)16(19)15-13-10-4-5-11(7-10)14(13)15/h9-15H,2-8,17H2,1H3. The van der Waals surface area contributed by atoms with Crippen LogP contribution < -0.4 is 5.73 Å². The quantitative estimate of drug-likeness (QED) is 0.825. The van der Waals surface area contributed by atoms with Gasteiger partial charge >= 0.3 is 0 Å². The van der Waals surface area contributed by atoms with Crippen molar-refractivity contribution in [2.75, 3.05) is 13.1 Å². The van der Waals surface area contributed by atoms with Gasteiger partial charge in [-0.3, -0.25) is 4.79 Å². The van der Waals surface area contributed by atoms with Gasteiger partial charge in [0.2, 0.25) is 5.91 Å². The van der Waals surface area contributed by atoms with E-state index in [9.17, 15) is 4.79 Å². The molecule has 0 spiro atoms. The summed E-state index contributed by atoms with van der Waals surface area (Å²) in [7, 11) is 0. The predicted molar refractivity (Wildman–Crippen MR) is 74.3 cm³/mol. The maximum atomic E-state index is 12.7. The highest BCUT2D eigenvalue weighted by atomic mass is 16.2. The third kappa shape index (κ3) is 1.77. The SMILES string of the molecule is CC(N)C1CCCN(C(=O)C2C3C4CCC(C4)C23)C1. The lowest BCUT2D eigenvalue weighted by atomic mass is 9.91. The zero-order valence-corrected chi connectivity index (χ0v) is 11.9. The van der Waals surface area contributed by atoms with E-state index in [1.54, 1.807) is 0 Å². The van der Waals surface area contributed by atoms with Gasteiger partial charge in [-0.25, -0.2) is 0 Å². The second kappa shape index (κ2) is 4.21.